The van der Waals surface area contributed by atoms with Gasteiger partial charge in [-0.2, -0.15) is 0 Å². The average Bonchev–Trinajstić information content (AvgIpc) is 2.41. The standard InChI is InChI=1S/C13H12BrClFN3/c14-11-3-2-10(16)5-8(11)6-13(19-17)12-4-1-9(15)7-18-12/h1-5,7,13,19H,6,17H2. The van der Waals surface area contributed by atoms with Crippen LogP contribution in [0.5, 0.6) is 0 Å². The maximum absolute atomic E-state index is 13.3. The average molecular weight is 345 g/mol. The highest BCUT2D eigenvalue weighted by Gasteiger charge is 2.14. The number of hydrogen-bond donors (Lipinski definition) is 2. The third kappa shape index (κ3) is 3.73. The van der Waals surface area contributed by atoms with Crippen LogP contribution in [0.25, 0.3) is 0 Å². The van der Waals surface area contributed by atoms with Gasteiger partial charge in [0.1, 0.15) is 5.82 Å². The number of pyridine rings is 1. The van der Waals surface area contributed by atoms with Gasteiger partial charge in [-0.05, 0) is 42.3 Å². The third-order valence-corrected chi connectivity index (χ3v) is 3.74. The third-order valence-electron chi connectivity index (χ3n) is 2.74. The van der Waals surface area contributed by atoms with Crippen LogP contribution in [-0.4, -0.2) is 4.98 Å². The number of benzene rings is 1. The molecule has 0 fully saturated rings. The van der Waals surface area contributed by atoms with Crippen molar-refractivity contribution in [2.24, 2.45) is 5.84 Å². The van der Waals surface area contributed by atoms with E-state index in [1.165, 1.54) is 12.1 Å². The Labute approximate surface area is 124 Å². The van der Waals surface area contributed by atoms with Crippen molar-refractivity contribution >= 4 is 27.5 Å². The fourth-order valence-electron chi connectivity index (χ4n) is 1.76. The van der Waals surface area contributed by atoms with Crippen LogP contribution in [0.3, 0.4) is 0 Å². The Morgan fingerprint density at radius 2 is 2.16 bits per heavy atom. The monoisotopic (exact) mass is 343 g/mol. The fourth-order valence-corrected chi connectivity index (χ4v) is 2.28. The van der Waals surface area contributed by atoms with Crippen molar-refractivity contribution < 1.29 is 4.39 Å². The largest absolute Gasteiger partial charge is 0.271 e. The van der Waals surface area contributed by atoms with Crippen molar-refractivity contribution in [3.63, 3.8) is 0 Å². The molecule has 0 saturated heterocycles. The molecule has 0 radical (unpaired) electrons. The van der Waals surface area contributed by atoms with Gasteiger partial charge in [-0.1, -0.05) is 27.5 Å². The predicted molar refractivity (Wildman–Crippen MR) is 77.1 cm³/mol. The van der Waals surface area contributed by atoms with Gasteiger partial charge in [-0.3, -0.25) is 16.3 Å². The second kappa shape index (κ2) is 6.43. The Kier molecular flexibility index (Phi) is 4.87. The number of nitrogens with one attached hydrogen (secondary N) is 1. The van der Waals surface area contributed by atoms with Crippen LogP contribution >= 0.6 is 27.5 Å². The summed E-state index contributed by atoms with van der Waals surface area (Å²) in [5, 5.41) is 0.562. The van der Waals surface area contributed by atoms with E-state index in [0.717, 1.165) is 15.7 Å². The molecule has 0 saturated carbocycles. The highest BCUT2D eigenvalue weighted by atomic mass is 79.9. The van der Waals surface area contributed by atoms with Crippen LogP contribution in [0, 0.1) is 5.82 Å². The topological polar surface area (TPSA) is 50.9 Å². The minimum atomic E-state index is -0.280. The molecule has 1 unspecified atom stereocenters. The molecule has 1 atom stereocenters. The number of hydrogen-bond acceptors (Lipinski definition) is 3. The summed E-state index contributed by atoms with van der Waals surface area (Å²) in [6, 6.07) is 7.88. The van der Waals surface area contributed by atoms with E-state index in [2.05, 4.69) is 26.3 Å². The second-order valence-electron chi connectivity index (χ2n) is 4.06. The van der Waals surface area contributed by atoms with E-state index in [1.807, 2.05) is 0 Å². The lowest BCUT2D eigenvalue weighted by atomic mass is 10.0. The van der Waals surface area contributed by atoms with Crippen LogP contribution in [0.4, 0.5) is 4.39 Å². The molecule has 3 N–H and O–H groups in total. The van der Waals surface area contributed by atoms with E-state index in [0.29, 0.717) is 11.4 Å². The number of halogens is 3. The number of aromatic nitrogens is 1. The lowest BCUT2D eigenvalue weighted by molar-refractivity contribution is 0.535. The molecule has 1 heterocycles. The van der Waals surface area contributed by atoms with Crippen LogP contribution in [-0.2, 0) is 6.42 Å². The lowest BCUT2D eigenvalue weighted by Gasteiger charge is -2.16. The van der Waals surface area contributed by atoms with Crippen molar-refractivity contribution in [2.45, 2.75) is 12.5 Å². The summed E-state index contributed by atoms with van der Waals surface area (Å²) < 4.78 is 14.1. The Balaban J connectivity index is 2.23. The fraction of sp³-hybridized carbons (Fsp3) is 0.154. The van der Waals surface area contributed by atoms with Crippen LogP contribution in [0.2, 0.25) is 5.02 Å². The Hall–Kier alpha value is -1.01. The van der Waals surface area contributed by atoms with Crippen molar-refractivity contribution in [3.05, 3.63) is 63.1 Å². The first kappa shape index (κ1) is 14.4. The summed E-state index contributed by atoms with van der Waals surface area (Å²) >= 11 is 9.19. The molecule has 2 aromatic rings. The number of nitrogens with two attached hydrogens (primary N) is 1. The van der Waals surface area contributed by atoms with Gasteiger partial charge in [0.05, 0.1) is 16.8 Å². The van der Waals surface area contributed by atoms with Crippen molar-refractivity contribution in [1.29, 1.82) is 0 Å². The first-order chi connectivity index (χ1) is 9.10. The van der Waals surface area contributed by atoms with Gasteiger partial charge in [0.15, 0.2) is 0 Å². The first-order valence-corrected chi connectivity index (χ1v) is 6.78. The Morgan fingerprint density at radius 3 is 2.79 bits per heavy atom. The zero-order valence-electron chi connectivity index (χ0n) is 9.91. The van der Waals surface area contributed by atoms with E-state index >= 15 is 0 Å². The van der Waals surface area contributed by atoms with Gasteiger partial charge >= 0.3 is 0 Å². The summed E-state index contributed by atoms with van der Waals surface area (Å²) in [5.74, 6) is 5.27. The number of nitrogens with zero attached hydrogens (tertiary/aromatic N) is 1. The molecular formula is C13H12BrClFN3. The van der Waals surface area contributed by atoms with Crippen LogP contribution < -0.4 is 11.3 Å². The van der Waals surface area contributed by atoms with E-state index in [-0.39, 0.29) is 11.9 Å². The SMILES string of the molecule is NNC(Cc1cc(F)ccc1Br)c1ccc(Cl)cn1. The minimum Gasteiger partial charge on any atom is -0.271 e. The molecule has 100 valence electrons. The molecule has 3 nitrogen and oxygen atoms in total. The quantitative estimate of drug-likeness (QED) is 0.660. The first-order valence-electron chi connectivity index (χ1n) is 5.61. The normalized spacial score (nSPS) is 12.4. The van der Waals surface area contributed by atoms with Gasteiger partial charge in [0, 0.05) is 10.7 Å². The summed E-state index contributed by atoms with van der Waals surface area (Å²) in [7, 11) is 0. The molecule has 0 bridgehead atoms. The molecule has 2 rings (SSSR count). The Morgan fingerprint density at radius 1 is 1.37 bits per heavy atom. The molecule has 0 aliphatic carbocycles. The summed E-state index contributed by atoms with van der Waals surface area (Å²) in [4.78, 5) is 4.21. The van der Waals surface area contributed by atoms with Gasteiger partial charge in [0.25, 0.3) is 0 Å². The minimum absolute atomic E-state index is 0.213. The molecule has 19 heavy (non-hydrogen) atoms. The summed E-state index contributed by atoms with van der Waals surface area (Å²) in [5.41, 5.74) is 4.26. The van der Waals surface area contributed by atoms with Crippen molar-refractivity contribution in [2.75, 3.05) is 0 Å². The van der Waals surface area contributed by atoms with E-state index in [1.54, 1.807) is 24.4 Å². The van der Waals surface area contributed by atoms with Crippen LogP contribution in [0.1, 0.15) is 17.3 Å². The van der Waals surface area contributed by atoms with E-state index < -0.39 is 0 Å². The van der Waals surface area contributed by atoms with Gasteiger partial charge in [-0.25, -0.2) is 4.39 Å². The van der Waals surface area contributed by atoms with Crippen LogP contribution in [0.15, 0.2) is 41.0 Å². The van der Waals surface area contributed by atoms with Gasteiger partial charge in [-0.15, -0.1) is 0 Å². The van der Waals surface area contributed by atoms with Crippen molar-refractivity contribution in [1.82, 2.24) is 10.4 Å². The second-order valence-corrected chi connectivity index (χ2v) is 5.35. The highest BCUT2D eigenvalue weighted by Crippen LogP contribution is 2.24. The predicted octanol–water partition coefficient (Wildman–Crippen LogP) is 3.38. The number of hydrazine groups is 1. The maximum Gasteiger partial charge on any atom is 0.123 e. The maximum atomic E-state index is 13.3. The lowest BCUT2D eigenvalue weighted by Crippen LogP contribution is -2.30. The van der Waals surface area contributed by atoms with E-state index in [4.69, 9.17) is 17.4 Å². The van der Waals surface area contributed by atoms with Gasteiger partial charge < -0.3 is 0 Å². The zero-order chi connectivity index (χ0) is 13.8. The molecular weight excluding hydrogens is 333 g/mol. The Bertz CT molecular complexity index is 562. The summed E-state index contributed by atoms with van der Waals surface area (Å²) in [6.45, 7) is 0. The molecule has 0 spiro atoms. The molecule has 1 aromatic carbocycles. The summed E-state index contributed by atoms with van der Waals surface area (Å²) in [6.07, 6.45) is 2.07. The molecule has 0 aliphatic heterocycles. The molecule has 6 heteroatoms. The number of rotatable bonds is 4. The molecule has 0 amide bonds. The zero-order valence-corrected chi connectivity index (χ0v) is 12.2. The van der Waals surface area contributed by atoms with E-state index in [9.17, 15) is 4.39 Å². The highest BCUT2D eigenvalue weighted by molar-refractivity contribution is 9.10. The van der Waals surface area contributed by atoms with Gasteiger partial charge in [0.2, 0.25) is 0 Å². The molecule has 1 aromatic heterocycles. The van der Waals surface area contributed by atoms with Crippen molar-refractivity contribution in [3.8, 4) is 0 Å². The smallest absolute Gasteiger partial charge is 0.123 e. The molecule has 0 aliphatic rings.